The summed E-state index contributed by atoms with van der Waals surface area (Å²) in [4.78, 5) is 17.5. The van der Waals surface area contributed by atoms with E-state index >= 15 is 0 Å². The summed E-state index contributed by atoms with van der Waals surface area (Å²) in [6.45, 7) is 1.98. The summed E-state index contributed by atoms with van der Waals surface area (Å²) in [5.74, 6) is 0.197. The minimum absolute atomic E-state index is 0.187. The van der Waals surface area contributed by atoms with Crippen molar-refractivity contribution in [3.05, 3.63) is 65.1 Å². The molecule has 162 valence electrons. The second-order valence-corrected chi connectivity index (χ2v) is 8.79. The molecule has 2 aliphatic rings. The third-order valence-electron chi connectivity index (χ3n) is 6.82. The maximum atomic E-state index is 13.5. The molecule has 2 aliphatic heterocycles. The third-order valence-corrected chi connectivity index (χ3v) is 6.82. The van der Waals surface area contributed by atoms with E-state index in [0.29, 0.717) is 12.1 Å². The van der Waals surface area contributed by atoms with E-state index < -0.39 is 6.04 Å². The lowest BCUT2D eigenvalue weighted by atomic mass is 9.69. The van der Waals surface area contributed by atoms with Crippen molar-refractivity contribution in [3.8, 4) is 5.75 Å². The van der Waals surface area contributed by atoms with Gasteiger partial charge in [0.15, 0.2) is 0 Å². The quantitative estimate of drug-likeness (QED) is 0.704. The summed E-state index contributed by atoms with van der Waals surface area (Å²) in [7, 11) is 5.70. The van der Waals surface area contributed by atoms with Crippen LogP contribution in [-0.2, 0) is 12.5 Å². The zero-order valence-corrected chi connectivity index (χ0v) is 17.9. The summed E-state index contributed by atoms with van der Waals surface area (Å²) >= 11 is 0. The fraction of sp³-hybridized carbons (Fsp3) is 0.375. The topological polar surface area (TPSA) is 57.9 Å². The number of carbonyl (C=O) groups is 1. The number of hydrogen-bond acceptors (Lipinski definition) is 4. The van der Waals surface area contributed by atoms with Crippen LogP contribution in [-0.4, -0.2) is 65.8 Å². The Balaban J connectivity index is 1.69. The predicted molar refractivity (Wildman–Crippen MR) is 116 cm³/mol. The largest absolute Gasteiger partial charge is 0.497 e. The highest BCUT2D eigenvalue weighted by molar-refractivity contribution is 5.96. The number of amides is 1. The number of methoxy groups -OCH3 is 1. The number of ether oxygens (including phenoxy) is 1. The molecule has 3 aromatic rings. The van der Waals surface area contributed by atoms with Crippen LogP contribution in [0.2, 0.25) is 0 Å². The second-order valence-electron chi connectivity index (χ2n) is 8.79. The molecule has 1 amide bonds. The van der Waals surface area contributed by atoms with Crippen molar-refractivity contribution in [1.82, 2.24) is 14.4 Å². The standard InChI is InChI=1S/C24H26FN3O3/c1-26-12-24(13-26)14-28(23(30)15-4-6-16(25)7-5-15)20(11-29)22-21(24)18-9-8-17(31-3)10-19(18)27(22)2/h4-10,20,29H,11-14H2,1-3H3/t20-/m0/s1. The Labute approximate surface area is 180 Å². The average molecular weight is 423 g/mol. The van der Waals surface area contributed by atoms with Crippen molar-refractivity contribution < 1.29 is 19.0 Å². The molecule has 2 aromatic carbocycles. The zero-order valence-electron chi connectivity index (χ0n) is 17.9. The number of hydrogen-bond donors (Lipinski definition) is 1. The summed E-state index contributed by atoms with van der Waals surface area (Å²) in [6.07, 6.45) is 0. The number of rotatable bonds is 3. The molecule has 6 nitrogen and oxygen atoms in total. The molecule has 7 heteroatoms. The van der Waals surface area contributed by atoms with Crippen molar-refractivity contribution in [2.75, 3.05) is 40.4 Å². The molecule has 1 fully saturated rings. The number of carbonyl (C=O) groups excluding carboxylic acids is 1. The lowest BCUT2D eigenvalue weighted by Crippen LogP contribution is -2.66. The van der Waals surface area contributed by atoms with Gasteiger partial charge in [-0.1, -0.05) is 0 Å². The van der Waals surface area contributed by atoms with E-state index in [1.54, 1.807) is 12.0 Å². The first-order chi connectivity index (χ1) is 14.9. The summed E-state index contributed by atoms with van der Waals surface area (Å²) < 4.78 is 20.9. The van der Waals surface area contributed by atoms with Crippen LogP contribution in [0.5, 0.6) is 5.75 Å². The molecule has 0 unspecified atom stereocenters. The number of aliphatic hydroxyl groups excluding tert-OH is 1. The number of halogens is 1. The molecular formula is C24H26FN3O3. The first-order valence-corrected chi connectivity index (χ1v) is 10.4. The Bertz CT molecular complexity index is 1170. The first-order valence-electron chi connectivity index (χ1n) is 10.4. The van der Waals surface area contributed by atoms with E-state index in [4.69, 9.17) is 4.74 Å². The summed E-state index contributed by atoms with van der Waals surface area (Å²) in [6, 6.07) is 11.2. The van der Waals surface area contributed by atoms with E-state index in [9.17, 15) is 14.3 Å². The second kappa shape index (κ2) is 7.07. The fourth-order valence-electron chi connectivity index (χ4n) is 5.58. The van der Waals surface area contributed by atoms with Crippen molar-refractivity contribution in [1.29, 1.82) is 0 Å². The van der Waals surface area contributed by atoms with Gasteiger partial charge in [0.25, 0.3) is 5.91 Å². The Hall–Kier alpha value is -2.90. The SMILES string of the molecule is COc1ccc2c3c(n(C)c2c1)[C@H](CO)N(C(=O)c1ccc(F)cc1)CC31CN(C)C1. The molecule has 0 radical (unpaired) electrons. The van der Waals surface area contributed by atoms with Gasteiger partial charge in [0.2, 0.25) is 0 Å². The molecule has 0 saturated carbocycles. The van der Waals surface area contributed by atoms with Crippen LogP contribution in [0.15, 0.2) is 42.5 Å². The van der Waals surface area contributed by atoms with Gasteiger partial charge in [0.05, 0.1) is 25.3 Å². The Morgan fingerprint density at radius 1 is 1.16 bits per heavy atom. The molecule has 0 aliphatic carbocycles. The molecule has 5 rings (SSSR count). The predicted octanol–water partition coefficient (Wildman–Crippen LogP) is 2.70. The van der Waals surface area contributed by atoms with Crippen LogP contribution in [0, 0.1) is 5.82 Å². The van der Waals surface area contributed by atoms with Gasteiger partial charge >= 0.3 is 0 Å². The number of nitrogens with zero attached hydrogens (tertiary/aromatic N) is 3. The monoisotopic (exact) mass is 423 g/mol. The molecule has 1 atom stereocenters. The van der Waals surface area contributed by atoms with Crippen LogP contribution in [0.3, 0.4) is 0 Å². The van der Waals surface area contributed by atoms with Gasteiger partial charge in [-0.2, -0.15) is 0 Å². The number of likely N-dealkylation sites (N-methyl/N-ethyl adjacent to an activating group) is 1. The van der Waals surface area contributed by atoms with Crippen LogP contribution in [0.25, 0.3) is 10.9 Å². The van der Waals surface area contributed by atoms with Crippen molar-refractivity contribution >= 4 is 16.8 Å². The molecule has 3 heterocycles. The van der Waals surface area contributed by atoms with Gasteiger partial charge in [-0.25, -0.2) is 4.39 Å². The van der Waals surface area contributed by atoms with Crippen LogP contribution in [0.1, 0.15) is 27.7 Å². The number of aryl methyl sites for hydroxylation is 1. The van der Waals surface area contributed by atoms with Gasteiger partial charge in [0, 0.05) is 54.8 Å². The summed E-state index contributed by atoms with van der Waals surface area (Å²) in [5, 5.41) is 11.5. The van der Waals surface area contributed by atoms with Gasteiger partial charge in [0.1, 0.15) is 11.6 Å². The highest BCUT2D eigenvalue weighted by atomic mass is 19.1. The Morgan fingerprint density at radius 2 is 1.87 bits per heavy atom. The number of fused-ring (bicyclic) bond motifs is 4. The third kappa shape index (κ3) is 2.87. The Kier molecular flexibility index (Phi) is 4.57. The number of aromatic nitrogens is 1. The lowest BCUT2D eigenvalue weighted by molar-refractivity contribution is 0.00869. The molecule has 1 aromatic heterocycles. The molecular weight excluding hydrogens is 397 g/mol. The van der Waals surface area contributed by atoms with E-state index in [-0.39, 0.29) is 23.7 Å². The molecule has 1 saturated heterocycles. The van der Waals surface area contributed by atoms with Gasteiger partial charge in [-0.15, -0.1) is 0 Å². The maximum Gasteiger partial charge on any atom is 0.254 e. The average Bonchev–Trinajstić information content (AvgIpc) is 3.05. The molecule has 1 N–H and O–H groups in total. The number of likely N-dealkylation sites (tertiary alicyclic amines) is 1. The highest BCUT2D eigenvalue weighted by Crippen LogP contribution is 2.49. The number of aliphatic hydroxyl groups is 1. The Morgan fingerprint density at radius 3 is 2.48 bits per heavy atom. The minimum atomic E-state index is -0.479. The van der Waals surface area contributed by atoms with Crippen LogP contribution >= 0.6 is 0 Å². The van der Waals surface area contributed by atoms with Crippen molar-refractivity contribution in [3.63, 3.8) is 0 Å². The van der Waals surface area contributed by atoms with E-state index in [2.05, 4.69) is 22.6 Å². The maximum absolute atomic E-state index is 13.5. The first kappa shape index (κ1) is 20.0. The molecule has 0 bridgehead atoms. The molecule has 31 heavy (non-hydrogen) atoms. The van der Waals surface area contributed by atoms with E-state index in [0.717, 1.165) is 35.4 Å². The van der Waals surface area contributed by atoms with Gasteiger partial charge in [-0.3, -0.25) is 4.79 Å². The molecule has 1 spiro atoms. The normalized spacial score (nSPS) is 20.0. The summed E-state index contributed by atoms with van der Waals surface area (Å²) in [5.41, 5.74) is 3.41. The van der Waals surface area contributed by atoms with Gasteiger partial charge in [-0.05, 0) is 49.0 Å². The highest BCUT2D eigenvalue weighted by Gasteiger charge is 2.53. The lowest BCUT2D eigenvalue weighted by Gasteiger charge is -2.55. The van der Waals surface area contributed by atoms with E-state index in [1.165, 1.54) is 29.8 Å². The van der Waals surface area contributed by atoms with Gasteiger partial charge < -0.3 is 24.2 Å². The number of benzene rings is 2. The smallest absolute Gasteiger partial charge is 0.254 e. The minimum Gasteiger partial charge on any atom is -0.497 e. The van der Waals surface area contributed by atoms with Crippen molar-refractivity contribution in [2.45, 2.75) is 11.5 Å². The van der Waals surface area contributed by atoms with Crippen LogP contribution in [0.4, 0.5) is 4.39 Å². The van der Waals surface area contributed by atoms with Crippen LogP contribution < -0.4 is 4.74 Å². The van der Waals surface area contributed by atoms with E-state index in [1.807, 2.05) is 19.2 Å². The fourth-order valence-corrected chi connectivity index (χ4v) is 5.58. The zero-order chi connectivity index (χ0) is 21.9. The van der Waals surface area contributed by atoms with Crippen molar-refractivity contribution in [2.24, 2.45) is 7.05 Å².